The molecule has 2 nitrogen and oxygen atoms in total. The maximum absolute atomic E-state index is 4.47. The SMILES string of the molecule is CC(=NCc1ccc(C)cc1)N(C)C. The molecule has 0 radical (unpaired) electrons. The zero-order valence-corrected chi connectivity index (χ0v) is 9.41. The molecule has 1 aromatic carbocycles. The quantitative estimate of drug-likeness (QED) is 0.516. The van der Waals surface area contributed by atoms with Crippen LogP contribution in [-0.4, -0.2) is 24.8 Å². The number of benzene rings is 1. The van der Waals surface area contributed by atoms with Crippen LogP contribution in [0.5, 0.6) is 0 Å². The van der Waals surface area contributed by atoms with Crippen LogP contribution in [0.2, 0.25) is 0 Å². The summed E-state index contributed by atoms with van der Waals surface area (Å²) in [7, 11) is 4.02. The molecule has 0 amide bonds. The normalized spacial score (nSPS) is 11.6. The van der Waals surface area contributed by atoms with Gasteiger partial charge in [0.2, 0.25) is 0 Å². The van der Waals surface area contributed by atoms with E-state index in [9.17, 15) is 0 Å². The molecule has 1 rings (SSSR count). The second-order valence-electron chi connectivity index (χ2n) is 3.74. The van der Waals surface area contributed by atoms with E-state index in [-0.39, 0.29) is 0 Å². The number of nitrogens with zero attached hydrogens (tertiary/aromatic N) is 2. The minimum absolute atomic E-state index is 0.768. The van der Waals surface area contributed by atoms with Gasteiger partial charge in [0, 0.05) is 14.1 Å². The first kappa shape index (κ1) is 10.8. The topological polar surface area (TPSA) is 15.6 Å². The van der Waals surface area contributed by atoms with Crippen molar-refractivity contribution in [3.8, 4) is 0 Å². The molecule has 0 saturated carbocycles. The molecule has 0 N–H and O–H groups in total. The predicted molar refractivity (Wildman–Crippen MR) is 61.7 cm³/mol. The Kier molecular flexibility index (Phi) is 3.69. The molecule has 0 aliphatic heterocycles. The van der Waals surface area contributed by atoms with Gasteiger partial charge in [-0.05, 0) is 19.4 Å². The predicted octanol–water partition coefficient (Wildman–Crippen LogP) is 2.48. The van der Waals surface area contributed by atoms with Gasteiger partial charge in [0.25, 0.3) is 0 Å². The van der Waals surface area contributed by atoms with Crippen LogP contribution in [0.3, 0.4) is 0 Å². The van der Waals surface area contributed by atoms with Crippen LogP contribution in [0.25, 0.3) is 0 Å². The summed E-state index contributed by atoms with van der Waals surface area (Å²) in [6, 6.07) is 8.50. The van der Waals surface area contributed by atoms with Crippen LogP contribution in [0.15, 0.2) is 29.3 Å². The summed E-state index contributed by atoms with van der Waals surface area (Å²) < 4.78 is 0. The van der Waals surface area contributed by atoms with Gasteiger partial charge in [0.1, 0.15) is 0 Å². The molecule has 2 heteroatoms. The van der Waals surface area contributed by atoms with Crippen LogP contribution in [0, 0.1) is 6.92 Å². The van der Waals surface area contributed by atoms with Gasteiger partial charge in [-0.2, -0.15) is 0 Å². The van der Waals surface area contributed by atoms with Gasteiger partial charge in [-0.1, -0.05) is 29.8 Å². The van der Waals surface area contributed by atoms with Crippen molar-refractivity contribution in [2.24, 2.45) is 4.99 Å². The molecule has 1 aromatic rings. The van der Waals surface area contributed by atoms with E-state index in [0.717, 1.165) is 12.4 Å². The standard InChI is InChI=1S/C12H18N2/c1-10-5-7-12(8-6-10)9-13-11(2)14(3)4/h5-8H,9H2,1-4H3. The lowest BCUT2D eigenvalue weighted by molar-refractivity contribution is 0.613. The molecular weight excluding hydrogens is 172 g/mol. The fourth-order valence-electron chi connectivity index (χ4n) is 1.04. The Morgan fingerprint density at radius 2 is 1.79 bits per heavy atom. The van der Waals surface area contributed by atoms with E-state index >= 15 is 0 Å². The van der Waals surface area contributed by atoms with E-state index in [1.165, 1.54) is 11.1 Å². The van der Waals surface area contributed by atoms with E-state index < -0.39 is 0 Å². The maximum Gasteiger partial charge on any atom is 0.0956 e. The molecule has 0 atom stereocenters. The van der Waals surface area contributed by atoms with Gasteiger partial charge in [-0.15, -0.1) is 0 Å². The third-order valence-electron chi connectivity index (χ3n) is 2.26. The van der Waals surface area contributed by atoms with E-state index in [1.54, 1.807) is 0 Å². The minimum Gasteiger partial charge on any atom is -0.367 e. The summed E-state index contributed by atoms with van der Waals surface area (Å²) in [5, 5.41) is 0. The lowest BCUT2D eigenvalue weighted by atomic mass is 10.1. The number of hydrogen-bond acceptors (Lipinski definition) is 1. The lowest BCUT2D eigenvalue weighted by Crippen LogP contribution is -2.18. The molecule has 14 heavy (non-hydrogen) atoms. The molecule has 0 heterocycles. The van der Waals surface area contributed by atoms with Crippen LogP contribution in [-0.2, 0) is 6.54 Å². The Bertz CT molecular complexity index is 310. The maximum atomic E-state index is 4.47. The number of aliphatic imine (C=N–C) groups is 1. The molecular formula is C12H18N2. The summed E-state index contributed by atoms with van der Waals surface area (Å²) in [4.78, 5) is 6.49. The fraction of sp³-hybridized carbons (Fsp3) is 0.417. The Labute approximate surface area is 86.3 Å². The van der Waals surface area contributed by atoms with Crippen molar-refractivity contribution in [1.29, 1.82) is 0 Å². The van der Waals surface area contributed by atoms with E-state index in [1.807, 2.05) is 25.9 Å². The highest BCUT2D eigenvalue weighted by Crippen LogP contribution is 2.04. The molecule has 0 bridgehead atoms. The molecule has 0 spiro atoms. The zero-order chi connectivity index (χ0) is 10.6. The average molecular weight is 190 g/mol. The fourth-order valence-corrected chi connectivity index (χ4v) is 1.04. The Morgan fingerprint density at radius 3 is 2.29 bits per heavy atom. The zero-order valence-electron chi connectivity index (χ0n) is 9.41. The number of hydrogen-bond donors (Lipinski definition) is 0. The number of aryl methyl sites for hydroxylation is 1. The van der Waals surface area contributed by atoms with Gasteiger partial charge in [0.05, 0.1) is 12.4 Å². The van der Waals surface area contributed by atoms with Crippen molar-refractivity contribution in [2.75, 3.05) is 14.1 Å². The van der Waals surface area contributed by atoms with E-state index in [4.69, 9.17) is 0 Å². The number of rotatable bonds is 2. The Hall–Kier alpha value is -1.31. The first-order chi connectivity index (χ1) is 6.59. The van der Waals surface area contributed by atoms with Gasteiger partial charge < -0.3 is 4.90 Å². The van der Waals surface area contributed by atoms with Crippen LogP contribution in [0.1, 0.15) is 18.1 Å². The van der Waals surface area contributed by atoms with Crippen molar-refractivity contribution in [3.63, 3.8) is 0 Å². The van der Waals surface area contributed by atoms with Crippen LogP contribution < -0.4 is 0 Å². The van der Waals surface area contributed by atoms with E-state index in [2.05, 4.69) is 36.2 Å². The minimum atomic E-state index is 0.768. The van der Waals surface area contributed by atoms with Crippen molar-refractivity contribution in [3.05, 3.63) is 35.4 Å². The average Bonchev–Trinajstić information content (AvgIpc) is 2.16. The van der Waals surface area contributed by atoms with Gasteiger partial charge in [0.15, 0.2) is 0 Å². The second-order valence-corrected chi connectivity index (χ2v) is 3.74. The monoisotopic (exact) mass is 190 g/mol. The largest absolute Gasteiger partial charge is 0.367 e. The first-order valence-electron chi connectivity index (χ1n) is 4.83. The second kappa shape index (κ2) is 4.80. The molecule has 0 aliphatic carbocycles. The highest BCUT2D eigenvalue weighted by molar-refractivity contribution is 5.79. The summed E-state index contributed by atoms with van der Waals surface area (Å²) in [6.45, 7) is 4.89. The molecule has 0 aliphatic rings. The van der Waals surface area contributed by atoms with Crippen molar-refractivity contribution >= 4 is 5.84 Å². The molecule has 0 aromatic heterocycles. The smallest absolute Gasteiger partial charge is 0.0956 e. The molecule has 0 unspecified atom stereocenters. The van der Waals surface area contributed by atoms with Crippen molar-refractivity contribution in [2.45, 2.75) is 20.4 Å². The van der Waals surface area contributed by atoms with Crippen LogP contribution in [0.4, 0.5) is 0 Å². The van der Waals surface area contributed by atoms with Gasteiger partial charge >= 0.3 is 0 Å². The van der Waals surface area contributed by atoms with E-state index in [0.29, 0.717) is 0 Å². The third-order valence-corrected chi connectivity index (χ3v) is 2.26. The summed E-state index contributed by atoms with van der Waals surface area (Å²) in [5.74, 6) is 1.06. The summed E-state index contributed by atoms with van der Waals surface area (Å²) >= 11 is 0. The van der Waals surface area contributed by atoms with Crippen molar-refractivity contribution in [1.82, 2.24) is 4.90 Å². The van der Waals surface area contributed by atoms with Crippen LogP contribution >= 0.6 is 0 Å². The van der Waals surface area contributed by atoms with Gasteiger partial charge in [-0.3, -0.25) is 4.99 Å². The van der Waals surface area contributed by atoms with Gasteiger partial charge in [-0.25, -0.2) is 0 Å². The molecule has 0 saturated heterocycles. The van der Waals surface area contributed by atoms with Crippen molar-refractivity contribution < 1.29 is 0 Å². The third kappa shape index (κ3) is 3.21. The molecule has 76 valence electrons. The highest BCUT2D eigenvalue weighted by atomic mass is 15.1. The lowest BCUT2D eigenvalue weighted by Gasteiger charge is -2.10. The first-order valence-corrected chi connectivity index (χ1v) is 4.83. The molecule has 0 fully saturated rings. The summed E-state index contributed by atoms with van der Waals surface area (Å²) in [5.41, 5.74) is 2.55. The number of amidine groups is 1. The Morgan fingerprint density at radius 1 is 1.21 bits per heavy atom. The Balaban J connectivity index is 2.62. The summed E-state index contributed by atoms with van der Waals surface area (Å²) in [6.07, 6.45) is 0. The highest BCUT2D eigenvalue weighted by Gasteiger charge is 1.93.